The smallest absolute Gasteiger partial charge is 0.389 e. The van der Waals surface area contributed by atoms with Gasteiger partial charge >= 0.3 is 6.18 Å². The standard InChI is InChI=1S/C10H19F3N2O2/c1-8(10(11,12)13)17-7-9(16)6-15-4-2-14-3-5-15/h8-9,14,16H,2-7H2,1H3. The number of aliphatic hydroxyl groups excluding tert-OH is 1. The quantitative estimate of drug-likeness (QED) is 0.738. The molecule has 1 saturated heterocycles. The summed E-state index contributed by atoms with van der Waals surface area (Å²) in [5.74, 6) is 0. The van der Waals surface area contributed by atoms with E-state index in [4.69, 9.17) is 0 Å². The van der Waals surface area contributed by atoms with Crippen molar-refractivity contribution >= 4 is 0 Å². The summed E-state index contributed by atoms with van der Waals surface area (Å²) < 4.78 is 41.0. The molecule has 0 saturated carbocycles. The first-order valence-electron chi connectivity index (χ1n) is 5.69. The molecule has 0 aromatic carbocycles. The Hall–Kier alpha value is -0.370. The average molecular weight is 256 g/mol. The summed E-state index contributed by atoms with van der Waals surface area (Å²) in [6.45, 7) is 4.28. The molecule has 2 N–H and O–H groups in total. The van der Waals surface area contributed by atoms with Gasteiger partial charge in [0.2, 0.25) is 0 Å². The molecule has 1 rings (SSSR count). The summed E-state index contributed by atoms with van der Waals surface area (Å²) in [5, 5.41) is 12.7. The van der Waals surface area contributed by atoms with Crippen molar-refractivity contribution in [3.05, 3.63) is 0 Å². The molecule has 4 nitrogen and oxygen atoms in total. The van der Waals surface area contributed by atoms with Crippen LogP contribution in [0.3, 0.4) is 0 Å². The van der Waals surface area contributed by atoms with Crippen LogP contribution in [0.1, 0.15) is 6.92 Å². The largest absolute Gasteiger partial charge is 0.414 e. The first-order valence-corrected chi connectivity index (χ1v) is 5.69. The van der Waals surface area contributed by atoms with Gasteiger partial charge in [0.15, 0.2) is 6.10 Å². The zero-order chi connectivity index (χ0) is 12.9. The number of halogens is 3. The monoisotopic (exact) mass is 256 g/mol. The molecule has 0 aromatic heterocycles. The topological polar surface area (TPSA) is 44.7 Å². The molecule has 2 atom stereocenters. The second-order valence-electron chi connectivity index (χ2n) is 4.22. The molecular weight excluding hydrogens is 237 g/mol. The first kappa shape index (κ1) is 14.7. The second-order valence-corrected chi connectivity index (χ2v) is 4.22. The normalized spacial score (nSPS) is 22.4. The third kappa shape index (κ3) is 5.67. The number of rotatable bonds is 5. The number of aliphatic hydroxyl groups is 1. The van der Waals surface area contributed by atoms with Gasteiger partial charge < -0.3 is 15.2 Å². The molecule has 1 aliphatic rings. The molecule has 0 bridgehead atoms. The van der Waals surface area contributed by atoms with Crippen molar-refractivity contribution in [2.24, 2.45) is 0 Å². The second kappa shape index (κ2) is 6.53. The highest BCUT2D eigenvalue weighted by Gasteiger charge is 2.37. The summed E-state index contributed by atoms with van der Waals surface area (Å²) in [6.07, 6.45) is -7.08. The fourth-order valence-electron chi connectivity index (χ4n) is 1.59. The fraction of sp³-hybridized carbons (Fsp3) is 1.00. The van der Waals surface area contributed by atoms with E-state index in [0.717, 1.165) is 33.1 Å². The van der Waals surface area contributed by atoms with E-state index < -0.39 is 18.4 Å². The lowest BCUT2D eigenvalue weighted by Crippen LogP contribution is -2.47. The minimum absolute atomic E-state index is 0.287. The van der Waals surface area contributed by atoms with Crippen molar-refractivity contribution in [3.8, 4) is 0 Å². The van der Waals surface area contributed by atoms with E-state index in [-0.39, 0.29) is 6.61 Å². The highest BCUT2D eigenvalue weighted by Crippen LogP contribution is 2.22. The molecule has 2 unspecified atom stereocenters. The number of nitrogens with one attached hydrogen (secondary N) is 1. The molecule has 1 aliphatic heterocycles. The molecule has 102 valence electrons. The summed E-state index contributed by atoms with van der Waals surface area (Å²) in [5.41, 5.74) is 0. The van der Waals surface area contributed by atoms with Crippen LogP contribution in [0.5, 0.6) is 0 Å². The number of alkyl halides is 3. The summed E-state index contributed by atoms with van der Waals surface area (Å²) in [4.78, 5) is 2.00. The maximum absolute atomic E-state index is 12.1. The van der Waals surface area contributed by atoms with E-state index in [9.17, 15) is 18.3 Å². The predicted octanol–water partition coefficient (Wildman–Crippen LogP) is 0.220. The lowest BCUT2D eigenvalue weighted by Gasteiger charge is -2.29. The minimum Gasteiger partial charge on any atom is -0.389 e. The maximum Gasteiger partial charge on any atom is 0.414 e. The maximum atomic E-state index is 12.1. The third-order valence-corrected chi connectivity index (χ3v) is 2.68. The molecule has 0 aromatic rings. The van der Waals surface area contributed by atoms with E-state index in [0.29, 0.717) is 6.54 Å². The number of hydrogen-bond donors (Lipinski definition) is 2. The van der Waals surface area contributed by atoms with E-state index in [2.05, 4.69) is 10.1 Å². The SMILES string of the molecule is CC(OCC(O)CN1CCNCC1)C(F)(F)F. The van der Waals surface area contributed by atoms with Crippen molar-refractivity contribution in [2.75, 3.05) is 39.3 Å². The Morgan fingerprint density at radius 1 is 1.35 bits per heavy atom. The van der Waals surface area contributed by atoms with Gasteiger partial charge in [-0.15, -0.1) is 0 Å². The molecule has 0 radical (unpaired) electrons. The molecule has 1 heterocycles. The number of piperazine rings is 1. The first-order chi connectivity index (χ1) is 7.89. The van der Waals surface area contributed by atoms with Gasteiger partial charge in [0.1, 0.15) is 0 Å². The van der Waals surface area contributed by atoms with Crippen LogP contribution in [0, 0.1) is 0 Å². The number of hydrogen-bond acceptors (Lipinski definition) is 4. The Morgan fingerprint density at radius 2 is 1.94 bits per heavy atom. The van der Waals surface area contributed by atoms with E-state index in [1.54, 1.807) is 0 Å². The van der Waals surface area contributed by atoms with E-state index in [1.807, 2.05) is 4.90 Å². The lowest BCUT2D eigenvalue weighted by atomic mass is 10.3. The van der Waals surface area contributed by atoms with Gasteiger partial charge in [-0.3, -0.25) is 4.90 Å². The van der Waals surface area contributed by atoms with Crippen LogP contribution >= 0.6 is 0 Å². The van der Waals surface area contributed by atoms with Crippen LogP contribution in [0.4, 0.5) is 13.2 Å². The third-order valence-electron chi connectivity index (χ3n) is 2.68. The van der Waals surface area contributed by atoms with Gasteiger partial charge in [-0.05, 0) is 6.92 Å². The Labute approximate surface area is 98.7 Å². The average Bonchev–Trinajstić information content (AvgIpc) is 2.26. The van der Waals surface area contributed by atoms with Crippen LogP contribution in [-0.4, -0.2) is 67.7 Å². The van der Waals surface area contributed by atoms with Crippen LogP contribution < -0.4 is 5.32 Å². The van der Waals surface area contributed by atoms with E-state index >= 15 is 0 Å². The summed E-state index contributed by atoms with van der Waals surface area (Å²) >= 11 is 0. The molecular formula is C10H19F3N2O2. The molecule has 0 spiro atoms. The number of β-amino-alcohol motifs (C(OH)–C–C–N with tert-alkyl or cyclic N) is 1. The van der Waals surface area contributed by atoms with E-state index in [1.165, 1.54) is 0 Å². The Bertz CT molecular complexity index is 220. The van der Waals surface area contributed by atoms with Crippen LogP contribution in [0.15, 0.2) is 0 Å². The van der Waals surface area contributed by atoms with Crippen molar-refractivity contribution in [1.29, 1.82) is 0 Å². The van der Waals surface area contributed by atoms with Crippen LogP contribution in [-0.2, 0) is 4.74 Å². The number of ether oxygens (including phenoxy) is 1. The van der Waals surface area contributed by atoms with Crippen molar-refractivity contribution < 1.29 is 23.0 Å². The van der Waals surface area contributed by atoms with Gasteiger partial charge in [-0.1, -0.05) is 0 Å². The van der Waals surface area contributed by atoms with Gasteiger partial charge in [-0.25, -0.2) is 0 Å². The Balaban J connectivity index is 2.18. The molecule has 0 aliphatic carbocycles. The Morgan fingerprint density at radius 3 is 2.47 bits per heavy atom. The Kier molecular flexibility index (Phi) is 5.64. The van der Waals surface area contributed by atoms with Gasteiger partial charge in [-0.2, -0.15) is 13.2 Å². The van der Waals surface area contributed by atoms with Crippen LogP contribution in [0.2, 0.25) is 0 Å². The van der Waals surface area contributed by atoms with Crippen LogP contribution in [0.25, 0.3) is 0 Å². The summed E-state index contributed by atoms with van der Waals surface area (Å²) in [7, 11) is 0. The highest BCUT2D eigenvalue weighted by atomic mass is 19.4. The lowest BCUT2D eigenvalue weighted by molar-refractivity contribution is -0.219. The highest BCUT2D eigenvalue weighted by molar-refractivity contribution is 4.71. The van der Waals surface area contributed by atoms with Crippen molar-refractivity contribution in [2.45, 2.75) is 25.3 Å². The molecule has 7 heteroatoms. The van der Waals surface area contributed by atoms with Gasteiger partial charge in [0.25, 0.3) is 0 Å². The van der Waals surface area contributed by atoms with Crippen molar-refractivity contribution in [1.82, 2.24) is 10.2 Å². The molecule has 1 fully saturated rings. The zero-order valence-electron chi connectivity index (χ0n) is 9.83. The summed E-state index contributed by atoms with van der Waals surface area (Å²) in [6, 6.07) is 0. The zero-order valence-corrected chi connectivity index (χ0v) is 9.83. The van der Waals surface area contributed by atoms with Gasteiger partial charge in [0, 0.05) is 32.7 Å². The van der Waals surface area contributed by atoms with Crippen molar-refractivity contribution in [3.63, 3.8) is 0 Å². The molecule has 17 heavy (non-hydrogen) atoms. The van der Waals surface area contributed by atoms with Gasteiger partial charge in [0.05, 0.1) is 12.7 Å². The predicted molar refractivity (Wildman–Crippen MR) is 56.8 cm³/mol. The minimum atomic E-state index is -4.37. The fourth-order valence-corrected chi connectivity index (χ4v) is 1.59. The number of nitrogens with zero attached hydrogens (tertiary/aromatic N) is 1. The molecule has 0 amide bonds.